The van der Waals surface area contributed by atoms with Crippen molar-refractivity contribution in [2.75, 3.05) is 13.7 Å². The van der Waals surface area contributed by atoms with Gasteiger partial charge in [0.1, 0.15) is 41.7 Å². The predicted molar refractivity (Wildman–Crippen MR) is 246 cm³/mol. The van der Waals surface area contributed by atoms with Crippen LogP contribution in [0, 0.1) is 5.92 Å². The monoisotopic (exact) mass is 880 g/mol. The molecule has 1 unspecified atom stereocenters. The Labute approximate surface area is 377 Å². The first-order valence-electron chi connectivity index (χ1n) is 22.5. The number of carbonyl (C=O) groups excluding carboxylic acids is 4. The second kappa shape index (κ2) is 17.2. The molecule has 3 aliphatic rings. The van der Waals surface area contributed by atoms with E-state index in [0.29, 0.717) is 30.4 Å². The molecule has 0 saturated carbocycles. The maximum Gasteiger partial charge on any atom is 0.408 e. The Bertz CT molecular complexity index is 2790. The molecule has 15 nitrogen and oxygen atoms in total. The van der Waals surface area contributed by atoms with Crippen molar-refractivity contribution in [1.82, 2.24) is 40.4 Å². The number of benzene rings is 4. The molecule has 4 amide bonds. The number of nitrogens with zero attached hydrogens (tertiary/aromatic N) is 4. The molecule has 0 bridgehead atoms. The molecule has 2 aromatic heterocycles. The Hall–Kier alpha value is -6.90. The van der Waals surface area contributed by atoms with Crippen LogP contribution in [0.2, 0.25) is 0 Å². The number of carbonyl (C=O) groups is 4. The number of fused-ring (bicyclic) bond motifs is 6. The van der Waals surface area contributed by atoms with Gasteiger partial charge in [0, 0.05) is 23.5 Å². The van der Waals surface area contributed by atoms with E-state index in [1.165, 1.54) is 7.11 Å². The van der Waals surface area contributed by atoms with Crippen LogP contribution in [-0.4, -0.2) is 85.1 Å². The third kappa shape index (κ3) is 8.47. The van der Waals surface area contributed by atoms with Crippen molar-refractivity contribution in [3.8, 4) is 28.1 Å². The van der Waals surface area contributed by atoms with E-state index >= 15 is 0 Å². The van der Waals surface area contributed by atoms with E-state index in [1.807, 2.05) is 73.2 Å². The summed E-state index contributed by atoms with van der Waals surface area (Å²) in [7, 11) is 1.29. The Balaban J connectivity index is 0.957. The summed E-state index contributed by atoms with van der Waals surface area (Å²) < 4.78 is 16.8. The molecule has 5 heterocycles. The van der Waals surface area contributed by atoms with Gasteiger partial charge < -0.3 is 44.6 Å². The standard InChI is InChI=1S/C50H56N8O7/c1-27(2)41(55-48(61)63-7)47(60)58-28(3)15-20-39(58)44-51-25-37(53-44)31-16-18-33-32(22-31)26-64-40-24-34-30(23-35(33)40)17-19-36-43(34)54-45(52-36)38-14-11-21-57(38)46(59)42(29-12-9-8-10-13-29)56-49(62)65-50(4,5)6/h8-10,12-13,16-19,22-25,27-28,38-39,41-42H,11,14-15,20-21,26H2,1-7H3,(H,51,53)(H,52,54)(H,55,61)(H,56,62)/t28-,38?,39-,41-,42+/m0/s1. The fourth-order valence-corrected chi connectivity index (χ4v) is 9.61. The second-order valence-electron chi connectivity index (χ2n) is 18.7. The fourth-order valence-electron chi connectivity index (χ4n) is 9.61. The topological polar surface area (TPSA) is 184 Å². The third-order valence-corrected chi connectivity index (χ3v) is 12.8. The quantitative estimate of drug-likeness (QED) is 0.110. The van der Waals surface area contributed by atoms with Crippen LogP contribution in [0.4, 0.5) is 9.59 Å². The minimum Gasteiger partial charge on any atom is -0.488 e. The first-order chi connectivity index (χ1) is 31.2. The number of imidazole rings is 2. The third-order valence-electron chi connectivity index (χ3n) is 12.8. The molecule has 4 aromatic carbocycles. The van der Waals surface area contributed by atoms with Crippen LogP contribution >= 0.6 is 0 Å². The number of rotatable bonds is 9. The maximum absolute atomic E-state index is 14.4. The number of methoxy groups -OCH3 is 1. The molecule has 0 aliphatic carbocycles. The van der Waals surface area contributed by atoms with Gasteiger partial charge in [-0.2, -0.15) is 0 Å². The normalized spacial score (nSPS) is 19.1. The predicted octanol–water partition coefficient (Wildman–Crippen LogP) is 9.03. The molecule has 65 heavy (non-hydrogen) atoms. The Morgan fingerprint density at radius 1 is 0.862 bits per heavy atom. The first kappa shape index (κ1) is 43.4. The zero-order valence-electron chi connectivity index (χ0n) is 37.9. The van der Waals surface area contributed by atoms with Crippen molar-refractivity contribution in [3.05, 3.63) is 102 Å². The molecule has 15 heteroatoms. The molecule has 2 fully saturated rings. The lowest BCUT2D eigenvalue weighted by molar-refractivity contribution is -0.137. The van der Waals surface area contributed by atoms with Gasteiger partial charge in [0.25, 0.3) is 5.91 Å². The Morgan fingerprint density at radius 2 is 1.66 bits per heavy atom. The van der Waals surface area contributed by atoms with E-state index in [1.54, 1.807) is 20.8 Å². The lowest BCUT2D eigenvalue weighted by atomic mass is 9.92. The summed E-state index contributed by atoms with van der Waals surface area (Å²) in [6.45, 7) is 12.1. The molecule has 3 aliphatic heterocycles. The van der Waals surface area contributed by atoms with Gasteiger partial charge in [0.15, 0.2) is 0 Å². The summed E-state index contributed by atoms with van der Waals surface area (Å²) in [5.74, 6) is 1.66. The van der Waals surface area contributed by atoms with E-state index in [0.717, 1.165) is 81.2 Å². The molecule has 338 valence electrons. The number of H-pyrrole nitrogens is 2. The SMILES string of the molecule is COC(=O)N[C@H](C(=O)N1[C@@H](C)CC[C@H]1c1ncc(-c2ccc3c(c2)COc2cc4c(ccc5nc(C6CCCN6C(=O)[C@H](NC(=O)OC(C)(C)C)c6ccccc6)[nH]c54)cc2-3)[nH]1)C(C)C. The highest BCUT2D eigenvalue weighted by Crippen LogP contribution is 2.44. The minimum atomic E-state index is -0.928. The molecule has 0 spiro atoms. The first-order valence-corrected chi connectivity index (χ1v) is 22.5. The second-order valence-corrected chi connectivity index (χ2v) is 18.7. The largest absolute Gasteiger partial charge is 0.488 e. The lowest BCUT2D eigenvalue weighted by Gasteiger charge is -2.32. The van der Waals surface area contributed by atoms with Crippen molar-refractivity contribution >= 4 is 45.8 Å². The molecule has 4 N–H and O–H groups in total. The molecule has 2 saturated heterocycles. The molecular formula is C50H56N8O7. The highest BCUT2D eigenvalue weighted by atomic mass is 16.6. The number of nitrogens with one attached hydrogen (secondary N) is 4. The van der Waals surface area contributed by atoms with Crippen LogP contribution in [0.5, 0.6) is 5.75 Å². The smallest absolute Gasteiger partial charge is 0.408 e. The van der Waals surface area contributed by atoms with E-state index in [2.05, 4.69) is 57.0 Å². The van der Waals surface area contributed by atoms with Crippen LogP contribution < -0.4 is 15.4 Å². The molecule has 0 radical (unpaired) electrons. The van der Waals surface area contributed by atoms with E-state index in [9.17, 15) is 19.2 Å². The van der Waals surface area contributed by atoms with Crippen molar-refractivity contribution in [1.29, 1.82) is 0 Å². The number of aromatic amines is 2. The molecular weight excluding hydrogens is 825 g/mol. The average molecular weight is 881 g/mol. The van der Waals surface area contributed by atoms with Crippen LogP contribution in [0.15, 0.2) is 79.0 Å². The zero-order valence-corrected chi connectivity index (χ0v) is 37.9. The Kier molecular flexibility index (Phi) is 11.5. The highest BCUT2D eigenvalue weighted by Gasteiger charge is 2.42. The molecule has 5 atom stereocenters. The summed E-state index contributed by atoms with van der Waals surface area (Å²) in [6, 6.07) is 21.6. The van der Waals surface area contributed by atoms with Crippen molar-refractivity contribution in [3.63, 3.8) is 0 Å². The molecule has 6 aromatic rings. The number of ether oxygens (including phenoxy) is 3. The van der Waals surface area contributed by atoms with Crippen molar-refractivity contribution in [2.45, 2.75) is 110 Å². The van der Waals surface area contributed by atoms with Gasteiger partial charge in [0.2, 0.25) is 5.91 Å². The maximum atomic E-state index is 14.4. The van der Waals surface area contributed by atoms with Gasteiger partial charge in [-0.1, -0.05) is 62.4 Å². The van der Waals surface area contributed by atoms with E-state index < -0.39 is 29.9 Å². The van der Waals surface area contributed by atoms with Gasteiger partial charge in [-0.05, 0) is 111 Å². The van der Waals surface area contributed by atoms with Crippen molar-refractivity contribution < 1.29 is 33.4 Å². The number of likely N-dealkylation sites (tertiary alicyclic amines) is 2. The summed E-state index contributed by atoms with van der Waals surface area (Å²) in [5, 5.41) is 7.55. The number of alkyl carbamates (subject to hydrolysis) is 2. The van der Waals surface area contributed by atoms with Crippen LogP contribution in [0.1, 0.15) is 108 Å². The zero-order chi connectivity index (χ0) is 45.7. The summed E-state index contributed by atoms with van der Waals surface area (Å²) >= 11 is 0. The number of aromatic nitrogens is 4. The average Bonchev–Trinajstić information content (AvgIpc) is 4.12. The highest BCUT2D eigenvalue weighted by molar-refractivity contribution is 6.07. The fraction of sp³-hybridized carbons (Fsp3) is 0.400. The summed E-state index contributed by atoms with van der Waals surface area (Å²) in [5.41, 5.74) is 6.49. The van der Waals surface area contributed by atoms with Crippen molar-refractivity contribution in [2.24, 2.45) is 5.92 Å². The van der Waals surface area contributed by atoms with E-state index in [-0.39, 0.29) is 35.9 Å². The number of hydrogen-bond acceptors (Lipinski definition) is 9. The van der Waals surface area contributed by atoms with Crippen LogP contribution in [-0.2, 0) is 25.7 Å². The molecule has 9 rings (SSSR count). The lowest BCUT2D eigenvalue weighted by Crippen LogP contribution is -2.52. The van der Waals surface area contributed by atoms with Gasteiger partial charge >= 0.3 is 12.2 Å². The summed E-state index contributed by atoms with van der Waals surface area (Å²) in [6.07, 6.45) is 3.61. The van der Waals surface area contributed by atoms with Gasteiger partial charge in [-0.15, -0.1) is 0 Å². The summed E-state index contributed by atoms with van der Waals surface area (Å²) in [4.78, 5) is 73.9. The van der Waals surface area contributed by atoms with Crippen LogP contribution in [0.25, 0.3) is 44.2 Å². The van der Waals surface area contributed by atoms with Gasteiger partial charge in [-0.3, -0.25) is 9.59 Å². The van der Waals surface area contributed by atoms with Gasteiger partial charge in [-0.25, -0.2) is 19.6 Å². The minimum absolute atomic E-state index is 0.0203. The van der Waals surface area contributed by atoms with Crippen LogP contribution in [0.3, 0.4) is 0 Å². The number of amides is 4. The van der Waals surface area contributed by atoms with Gasteiger partial charge in [0.05, 0.1) is 42.1 Å². The number of hydrogen-bond donors (Lipinski definition) is 4. The van der Waals surface area contributed by atoms with E-state index in [4.69, 9.17) is 24.2 Å². The Morgan fingerprint density at radius 3 is 2.42 bits per heavy atom.